The first-order chi connectivity index (χ1) is 8.86. The van der Waals surface area contributed by atoms with Gasteiger partial charge in [-0.25, -0.2) is 4.99 Å². The summed E-state index contributed by atoms with van der Waals surface area (Å²) < 4.78 is 5.45. The zero-order chi connectivity index (χ0) is 12.4. The van der Waals surface area contributed by atoms with Crippen molar-refractivity contribution in [3.63, 3.8) is 0 Å². The van der Waals surface area contributed by atoms with Crippen molar-refractivity contribution >= 4 is 12.3 Å². The molecule has 1 saturated heterocycles. The third-order valence-corrected chi connectivity index (χ3v) is 3.40. The molecule has 0 aliphatic carbocycles. The summed E-state index contributed by atoms with van der Waals surface area (Å²) in [7, 11) is 0. The number of pyridine rings is 1. The molecule has 0 saturated carbocycles. The van der Waals surface area contributed by atoms with Crippen molar-refractivity contribution in [2.45, 2.75) is 25.0 Å². The Kier molecular flexibility index (Phi) is 2.96. The Morgan fingerprint density at radius 2 is 2.22 bits per heavy atom. The molecule has 2 atom stereocenters. The highest BCUT2D eigenvalue weighted by atomic mass is 16.5. The lowest BCUT2D eigenvalue weighted by atomic mass is 10.0. The van der Waals surface area contributed by atoms with Crippen molar-refractivity contribution < 1.29 is 9.53 Å². The van der Waals surface area contributed by atoms with E-state index < -0.39 is 6.04 Å². The highest BCUT2D eigenvalue weighted by Crippen LogP contribution is 2.28. The number of aromatic nitrogens is 1. The molecule has 0 spiro atoms. The fraction of sp³-hybridized carbons (Fsp3) is 0.462. The van der Waals surface area contributed by atoms with Crippen molar-refractivity contribution in [3.05, 3.63) is 30.1 Å². The molecular weight excluding hydrogens is 230 g/mol. The molecule has 3 rings (SSSR count). The quantitative estimate of drug-likeness (QED) is 0.786. The maximum Gasteiger partial charge on any atom is 0.251 e. The van der Waals surface area contributed by atoms with Crippen LogP contribution in [-0.4, -0.2) is 41.3 Å². The largest absolute Gasteiger partial charge is 0.473 e. The van der Waals surface area contributed by atoms with E-state index in [2.05, 4.69) is 9.98 Å². The van der Waals surface area contributed by atoms with E-state index >= 15 is 0 Å². The minimum Gasteiger partial charge on any atom is -0.473 e. The second-order valence-corrected chi connectivity index (χ2v) is 4.57. The van der Waals surface area contributed by atoms with Crippen LogP contribution < -0.4 is 0 Å². The minimum atomic E-state index is -0.452. The molecule has 94 valence electrons. The Morgan fingerprint density at radius 1 is 1.39 bits per heavy atom. The summed E-state index contributed by atoms with van der Waals surface area (Å²) >= 11 is 0. The lowest BCUT2D eigenvalue weighted by Gasteiger charge is -2.22. The van der Waals surface area contributed by atoms with Crippen LogP contribution >= 0.6 is 0 Å². The third-order valence-electron chi connectivity index (χ3n) is 3.40. The molecular formula is C13H15N3O2. The lowest BCUT2D eigenvalue weighted by Crippen LogP contribution is -2.38. The molecule has 5 heteroatoms. The average Bonchev–Trinajstić information content (AvgIpc) is 3.10. The van der Waals surface area contributed by atoms with Crippen LogP contribution in [0.3, 0.4) is 0 Å². The monoisotopic (exact) mass is 245 g/mol. The number of hydrogen-bond donors (Lipinski definition) is 0. The lowest BCUT2D eigenvalue weighted by molar-refractivity contribution is -0.133. The molecule has 3 heterocycles. The fourth-order valence-electron chi connectivity index (χ4n) is 2.44. The van der Waals surface area contributed by atoms with Gasteiger partial charge in [0.2, 0.25) is 0 Å². The molecule has 0 aromatic carbocycles. The van der Waals surface area contributed by atoms with Gasteiger partial charge in [-0.2, -0.15) is 0 Å². The Morgan fingerprint density at radius 3 is 2.94 bits per heavy atom. The molecule has 0 N–H and O–H groups in total. The van der Waals surface area contributed by atoms with Crippen LogP contribution in [0.2, 0.25) is 0 Å². The highest BCUT2D eigenvalue weighted by Gasteiger charge is 2.37. The summed E-state index contributed by atoms with van der Waals surface area (Å²) in [5, 5.41) is 0. The number of amides is 1. The van der Waals surface area contributed by atoms with Gasteiger partial charge in [0.25, 0.3) is 5.91 Å². The molecule has 1 amide bonds. The third kappa shape index (κ3) is 1.96. The number of hydrogen-bond acceptors (Lipinski definition) is 4. The van der Waals surface area contributed by atoms with E-state index in [0.717, 1.165) is 31.5 Å². The molecule has 0 bridgehead atoms. The van der Waals surface area contributed by atoms with Gasteiger partial charge >= 0.3 is 0 Å². The van der Waals surface area contributed by atoms with Crippen LogP contribution in [-0.2, 0) is 9.53 Å². The van der Waals surface area contributed by atoms with Gasteiger partial charge in [-0.15, -0.1) is 0 Å². The standard InChI is InChI=1S/C13H15N3O2/c17-13(16-6-1-2-7-16)11-12(18-9-15-11)10-4-3-5-14-8-10/h3-5,8-9,11-12H,1-2,6-7H2/t11-,12+/m0/s1. The fourth-order valence-corrected chi connectivity index (χ4v) is 2.44. The molecule has 1 aromatic rings. The number of rotatable bonds is 2. The second kappa shape index (κ2) is 4.76. The van der Waals surface area contributed by atoms with Gasteiger partial charge in [0, 0.05) is 31.0 Å². The summed E-state index contributed by atoms with van der Waals surface area (Å²) in [6.45, 7) is 1.68. The summed E-state index contributed by atoms with van der Waals surface area (Å²) in [5.74, 6) is 0.0649. The highest BCUT2D eigenvalue weighted by molar-refractivity contribution is 5.85. The van der Waals surface area contributed by atoms with Crippen LogP contribution in [0.25, 0.3) is 0 Å². The van der Waals surface area contributed by atoms with E-state index in [1.54, 1.807) is 12.4 Å². The summed E-state index contributed by atoms with van der Waals surface area (Å²) in [6.07, 6.45) is 6.66. The van der Waals surface area contributed by atoms with Crippen LogP contribution in [0.15, 0.2) is 29.5 Å². The topological polar surface area (TPSA) is 54.8 Å². The Labute approximate surface area is 105 Å². The SMILES string of the molecule is O=C([C@H]1N=CO[C@@H]1c1cccnc1)N1CCCC1. The van der Waals surface area contributed by atoms with E-state index in [1.165, 1.54) is 6.40 Å². The average molecular weight is 245 g/mol. The zero-order valence-corrected chi connectivity index (χ0v) is 10.0. The van der Waals surface area contributed by atoms with Gasteiger partial charge in [-0.05, 0) is 18.9 Å². The maximum absolute atomic E-state index is 12.3. The summed E-state index contributed by atoms with van der Waals surface area (Å²) in [5.41, 5.74) is 0.896. The smallest absolute Gasteiger partial charge is 0.251 e. The Balaban J connectivity index is 1.78. The van der Waals surface area contributed by atoms with Crippen LogP contribution in [0.1, 0.15) is 24.5 Å². The number of ether oxygens (including phenoxy) is 1. The summed E-state index contributed by atoms with van der Waals surface area (Å²) in [6, 6.07) is 3.30. The molecule has 1 aromatic heterocycles. The number of carbonyl (C=O) groups excluding carboxylic acids is 1. The molecule has 1 fully saturated rings. The van der Waals surface area contributed by atoms with E-state index in [4.69, 9.17) is 4.74 Å². The van der Waals surface area contributed by atoms with Gasteiger partial charge in [0.05, 0.1) is 0 Å². The zero-order valence-electron chi connectivity index (χ0n) is 10.0. The molecule has 18 heavy (non-hydrogen) atoms. The van der Waals surface area contributed by atoms with Gasteiger partial charge in [0.1, 0.15) is 0 Å². The van der Waals surface area contributed by atoms with Crippen molar-refractivity contribution in [2.75, 3.05) is 13.1 Å². The first-order valence-corrected chi connectivity index (χ1v) is 6.22. The van der Waals surface area contributed by atoms with E-state index in [-0.39, 0.29) is 12.0 Å². The molecule has 2 aliphatic heterocycles. The molecule has 0 radical (unpaired) electrons. The van der Waals surface area contributed by atoms with Gasteiger partial charge < -0.3 is 9.64 Å². The summed E-state index contributed by atoms with van der Waals surface area (Å²) in [4.78, 5) is 22.5. The minimum absolute atomic E-state index is 0.0649. The van der Waals surface area contributed by atoms with Crippen LogP contribution in [0.4, 0.5) is 0 Å². The normalized spacial score (nSPS) is 26.3. The number of likely N-dealkylation sites (tertiary alicyclic amines) is 1. The number of nitrogens with zero attached hydrogens (tertiary/aromatic N) is 3. The van der Waals surface area contributed by atoms with Crippen molar-refractivity contribution in [2.24, 2.45) is 4.99 Å². The van der Waals surface area contributed by atoms with Crippen molar-refractivity contribution in [1.82, 2.24) is 9.88 Å². The van der Waals surface area contributed by atoms with Crippen LogP contribution in [0, 0.1) is 0 Å². The van der Waals surface area contributed by atoms with Gasteiger partial charge in [-0.3, -0.25) is 9.78 Å². The second-order valence-electron chi connectivity index (χ2n) is 4.57. The van der Waals surface area contributed by atoms with E-state index in [0.29, 0.717) is 0 Å². The maximum atomic E-state index is 12.3. The van der Waals surface area contributed by atoms with E-state index in [9.17, 15) is 4.79 Å². The number of aliphatic imine (C=N–C) groups is 1. The van der Waals surface area contributed by atoms with Crippen molar-refractivity contribution in [1.29, 1.82) is 0 Å². The first kappa shape index (κ1) is 11.2. The van der Waals surface area contributed by atoms with Crippen LogP contribution in [0.5, 0.6) is 0 Å². The van der Waals surface area contributed by atoms with Gasteiger partial charge in [-0.1, -0.05) is 6.07 Å². The number of carbonyl (C=O) groups is 1. The van der Waals surface area contributed by atoms with Crippen molar-refractivity contribution in [3.8, 4) is 0 Å². The molecule has 0 unspecified atom stereocenters. The predicted molar refractivity (Wildman–Crippen MR) is 66.2 cm³/mol. The predicted octanol–water partition coefficient (Wildman–Crippen LogP) is 1.17. The molecule has 2 aliphatic rings. The Bertz CT molecular complexity index is 455. The van der Waals surface area contributed by atoms with Gasteiger partial charge in [0.15, 0.2) is 18.5 Å². The first-order valence-electron chi connectivity index (χ1n) is 6.22. The molecule has 5 nitrogen and oxygen atoms in total. The Hall–Kier alpha value is -1.91. The van der Waals surface area contributed by atoms with E-state index in [1.807, 2.05) is 17.0 Å².